The molecule has 2 aromatic rings. The van der Waals surface area contributed by atoms with E-state index in [1.807, 2.05) is 12.3 Å². The highest BCUT2D eigenvalue weighted by molar-refractivity contribution is 7.99. The van der Waals surface area contributed by atoms with E-state index in [1.54, 1.807) is 23.5 Å². The minimum absolute atomic E-state index is 1.06. The zero-order valence-corrected chi connectivity index (χ0v) is 9.15. The van der Waals surface area contributed by atoms with Crippen molar-refractivity contribution in [3.8, 4) is 0 Å². The van der Waals surface area contributed by atoms with Gasteiger partial charge >= 0.3 is 0 Å². The summed E-state index contributed by atoms with van der Waals surface area (Å²) in [6.07, 6.45) is 8.21. The Morgan fingerprint density at radius 3 is 2.85 bits per heavy atom. The highest BCUT2D eigenvalue weighted by Crippen LogP contribution is 2.23. The highest BCUT2D eigenvalue weighted by atomic mass is 32.2. The van der Waals surface area contributed by atoms with Gasteiger partial charge in [0.25, 0.3) is 0 Å². The van der Waals surface area contributed by atoms with Crippen molar-refractivity contribution < 1.29 is 0 Å². The van der Waals surface area contributed by atoms with Crippen molar-refractivity contribution in [2.45, 2.75) is 10.1 Å². The molecule has 0 atom stereocenters. The predicted molar refractivity (Wildman–Crippen MR) is 58.8 cm³/mol. The molecule has 0 bridgehead atoms. The minimum Gasteiger partial charge on any atom is -0.319 e. The third kappa shape index (κ3) is 1.56. The van der Waals surface area contributed by atoms with Gasteiger partial charge < -0.3 is 4.40 Å². The van der Waals surface area contributed by atoms with E-state index in [-0.39, 0.29) is 0 Å². The first-order valence-corrected chi connectivity index (χ1v) is 6.36. The Morgan fingerprint density at radius 1 is 1.31 bits per heavy atom. The fraction of sp³-hybridized carbons (Fsp3) is 0.222. The standard InChI is InChI=1S/C9H10N2S2/c1-12-8-6-11-5-3-4-7(11)9(10-8)13-2/h3-6H,1-2H3. The van der Waals surface area contributed by atoms with Crippen molar-refractivity contribution >= 4 is 29.0 Å². The van der Waals surface area contributed by atoms with Crippen molar-refractivity contribution in [1.82, 2.24) is 9.38 Å². The zero-order valence-electron chi connectivity index (χ0n) is 7.52. The first kappa shape index (κ1) is 8.97. The van der Waals surface area contributed by atoms with Crippen LogP contribution < -0.4 is 0 Å². The van der Waals surface area contributed by atoms with Gasteiger partial charge in [-0.25, -0.2) is 4.98 Å². The van der Waals surface area contributed by atoms with E-state index in [1.165, 1.54) is 5.52 Å². The average Bonchev–Trinajstić information content (AvgIpc) is 2.63. The van der Waals surface area contributed by atoms with Crippen LogP contribution in [0.25, 0.3) is 5.52 Å². The molecular formula is C9H10N2S2. The molecule has 0 saturated heterocycles. The number of rotatable bonds is 2. The van der Waals surface area contributed by atoms with E-state index >= 15 is 0 Å². The van der Waals surface area contributed by atoms with E-state index in [0.29, 0.717) is 0 Å². The number of hydrogen-bond donors (Lipinski definition) is 0. The molecular weight excluding hydrogens is 200 g/mol. The smallest absolute Gasteiger partial charge is 0.121 e. The van der Waals surface area contributed by atoms with Crippen LogP contribution in [0.2, 0.25) is 0 Å². The monoisotopic (exact) mass is 210 g/mol. The second kappa shape index (κ2) is 3.64. The summed E-state index contributed by atoms with van der Waals surface area (Å²) in [5.74, 6) is 0. The van der Waals surface area contributed by atoms with Gasteiger partial charge in [-0.2, -0.15) is 0 Å². The Hall–Kier alpha value is -0.610. The summed E-state index contributed by atoms with van der Waals surface area (Å²) in [4.78, 5) is 4.52. The number of nitrogens with zero attached hydrogens (tertiary/aromatic N) is 2. The SMILES string of the molecule is CSc1cn2cccc2c(SC)n1. The lowest BCUT2D eigenvalue weighted by Crippen LogP contribution is -1.90. The summed E-state index contributed by atoms with van der Waals surface area (Å²) < 4.78 is 2.12. The third-order valence-electron chi connectivity index (χ3n) is 1.86. The van der Waals surface area contributed by atoms with Crippen LogP contribution in [0.3, 0.4) is 0 Å². The molecule has 2 rings (SSSR count). The summed E-state index contributed by atoms with van der Waals surface area (Å²) in [6.45, 7) is 0. The van der Waals surface area contributed by atoms with Crippen LogP contribution in [0.5, 0.6) is 0 Å². The second-order valence-corrected chi connectivity index (χ2v) is 4.21. The quantitative estimate of drug-likeness (QED) is 0.710. The van der Waals surface area contributed by atoms with E-state index in [0.717, 1.165) is 10.1 Å². The maximum absolute atomic E-state index is 4.52. The molecule has 0 aliphatic heterocycles. The van der Waals surface area contributed by atoms with Gasteiger partial charge in [-0.15, -0.1) is 23.5 Å². The molecule has 68 valence electrons. The summed E-state index contributed by atoms with van der Waals surface area (Å²) in [5.41, 5.74) is 1.19. The summed E-state index contributed by atoms with van der Waals surface area (Å²) in [7, 11) is 0. The Labute approximate surface area is 85.7 Å². The summed E-state index contributed by atoms with van der Waals surface area (Å²) in [5, 5.41) is 2.16. The molecule has 0 aliphatic carbocycles. The van der Waals surface area contributed by atoms with Gasteiger partial charge in [-0.05, 0) is 24.6 Å². The highest BCUT2D eigenvalue weighted by Gasteiger charge is 2.03. The predicted octanol–water partition coefficient (Wildman–Crippen LogP) is 2.78. The first-order valence-electron chi connectivity index (χ1n) is 3.91. The maximum Gasteiger partial charge on any atom is 0.121 e. The second-order valence-electron chi connectivity index (χ2n) is 2.59. The summed E-state index contributed by atoms with van der Waals surface area (Å²) >= 11 is 3.36. The van der Waals surface area contributed by atoms with Crippen molar-refractivity contribution in [2.75, 3.05) is 12.5 Å². The van der Waals surface area contributed by atoms with E-state index in [4.69, 9.17) is 0 Å². The van der Waals surface area contributed by atoms with Crippen LogP contribution in [0.15, 0.2) is 34.6 Å². The lowest BCUT2D eigenvalue weighted by atomic mass is 10.5. The number of hydrogen-bond acceptors (Lipinski definition) is 3. The van der Waals surface area contributed by atoms with Crippen LogP contribution in [-0.2, 0) is 0 Å². The van der Waals surface area contributed by atoms with Crippen LogP contribution in [0.4, 0.5) is 0 Å². The number of thioether (sulfide) groups is 2. The molecule has 0 fully saturated rings. The van der Waals surface area contributed by atoms with Crippen molar-refractivity contribution in [1.29, 1.82) is 0 Å². The number of aromatic nitrogens is 2. The molecule has 0 radical (unpaired) electrons. The average molecular weight is 210 g/mol. The summed E-state index contributed by atoms with van der Waals surface area (Å²) in [6, 6.07) is 4.13. The van der Waals surface area contributed by atoms with Gasteiger partial charge in [0.1, 0.15) is 10.1 Å². The molecule has 2 heterocycles. The van der Waals surface area contributed by atoms with Crippen LogP contribution in [0.1, 0.15) is 0 Å². The molecule has 0 spiro atoms. The van der Waals surface area contributed by atoms with Crippen molar-refractivity contribution in [3.05, 3.63) is 24.5 Å². The molecule has 0 aromatic carbocycles. The van der Waals surface area contributed by atoms with E-state index in [2.05, 4.69) is 34.1 Å². The Kier molecular flexibility index (Phi) is 2.51. The largest absolute Gasteiger partial charge is 0.319 e. The Balaban J connectivity index is 2.70. The van der Waals surface area contributed by atoms with Crippen LogP contribution in [-0.4, -0.2) is 21.9 Å². The van der Waals surface area contributed by atoms with E-state index in [9.17, 15) is 0 Å². The Morgan fingerprint density at radius 2 is 2.15 bits per heavy atom. The normalized spacial score (nSPS) is 10.9. The van der Waals surface area contributed by atoms with E-state index < -0.39 is 0 Å². The lowest BCUT2D eigenvalue weighted by molar-refractivity contribution is 0.947. The van der Waals surface area contributed by atoms with Gasteiger partial charge in [-0.3, -0.25) is 0 Å². The topological polar surface area (TPSA) is 17.3 Å². The number of fused-ring (bicyclic) bond motifs is 1. The first-order chi connectivity index (χ1) is 6.35. The molecule has 0 N–H and O–H groups in total. The van der Waals surface area contributed by atoms with Gasteiger partial charge in [0.05, 0.1) is 5.52 Å². The molecule has 2 aromatic heterocycles. The molecule has 13 heavy (non-hydrogen) atoms. The molecule has 0 aliphatic rings. The van der Waals surface area contributed by atoms with Crippen molar-refractivity contribution in [2.24, 2.45) is 0 Å². The molecule has 0 amide bonds. The van der Waals surface area contributed by atoms with Gasteiger partial charge in [0.2, 0.25) is 0 Å². The van der Waals surface area contributed by atoms with Crippen molar-refractivity contribution in [3.63, 3.8) is 0 Å². The van der Waals surface area contributed by atoms with Gasteiger partial charge in [-0.1, -0.05) is 0 Å². The molecule has 2 nitrogen and oxygen atoms in total. The van der Waals surface area contributed by atoms with Gasteiger partial charge in [0.15, 0.2) is 0 Å². The van der Waals surface area contributed by atoms with Crippen LogP contribution in [0, 0.1) is 0 Å². The lowest BCUT2D eigenvalue weighted by Gasteiger charge is -2.03. The fourth-order valence-electron chi connectivity index (χ4n) is 1.24. The minimum atomic E-state index is 1.06. The fourth-order valence-corrected chi connectivity index (χ4v) is 2.27. The molecule has 0 saturated carbocycles. The third-order valence-corrected chi connectivity index (χ3v) is 3.16. The zero-order chi connectivity index (χ0) is 9.26. The molecule has 0 unspecified atom stereocenters. The molecule has 4 heteroatoms. The van der Waals surface area contributed by atoms with Gasteiger partial charge in [0, 0.05) is 12.4 Å². The maximum atomic E-state index is 4.52. The Bertz CT molecular complexity index is 422. The van der Waals surface area contributed by atoms with Crippen LogP contribution >= 0.6 is 23.5 Å².